The Kier molecular flexibility index (Phi) is 6.87. The summed E-state index contributed by atoms with van der Waals surface area (Å²) in [6, 6.07) is 5.37. The maximum atomic E-state index is 12.6. The SMILES string of the molecule is CN(C)c1nc(N[C@H]2CC[C@@H](NC(=O)c3cc(Cl)cc(Cl)c3)CC2)nc2c1CCCC2. The van der Waals surface area contributed by atoms with Crippen LogP contribution in [-0.4, -0.2) is 42.1 Å². The van der Waals surface area contributed by atoms with Crippen LogP contribution in [0.2, 0.25) is 10.0 Å². The molecule has 0 spiro atoms. The lowest BCUT2D eigenvalue weighted by atomic mass is 9.91. The molecule has 1 saturated carbocycles. The van der Waals surface area contributed by atoms with Gasteiger partial charge in [0, 0.05) is 47.4 Å². The minimum atomic E-state index is -0.130. The third-order valence-corrected chi connectivity index (χ3v) is 6.54. The number of halogens is 2. The van der Waals surface area contributed by atoms with Crippen molar-refractivity contribution in [3.63, 3.8) is 0 Å². The van der Waals surface area contributed by atoms with Gasteiger partial charge in [-0.05, 0) is 69.6 Å². The number of anilines is 2. The zero-order valence-electron chi connectivity index (χ0n) is 18.0. The molecule has 0 saturated heterocycles. The van der Waals surface area contributed by atoms with Gasteiger partial charge in [0.2, 0.25) is 5.95 Å². The highest BCUT2D eigenvalue weighted by atomic mass is 35.5. The molecule has 166 valence electrons. The van der Waals surface area contributed by atoms with Crippen molar-refractivity contribution in [1.29, 1.82) is 0 Å². The predicted molar refractivity (Wildman–Crippen MR) is 127 cm³/mol. The van der Waals surface area contributed by atoms with Crippen LogP contribution in [0.15, 0.2) is 18.2 Å². The van der Waals surface area contributed by atoms with Gasteiger partial charge in [-0.25, -0.2) is 4.98 Å². The summed E-state index contributed by atoms with van der Waals surface area (Å²) in [5.74, 6) is 1.63. The Balaban J connectivity index is 1.35. The number of aryl methyl sites for hydroxylation is 1. The van der Waals surface area contributed by atoms with Crippen molar-refractivity contribution in [1.82, 2.24) is 15.3 Å². The second kappa shape index (κ2) is 9.61. The maximum Gasteiger partial charge on any atom is 0.251 e. The van der Waals surface area contributed by atoms with Gasteiger partial charge in [0.05, 0.1) is 5.69 Å². The first-order valence-electron chi connectivity index (χ1n) is 11.0. The van der Waals surface area contributed by atoms with Crippen LogP contribution in [0, 0.1) is 0 Å². The average molecular weight is 462 g/mol. The summed E-state index contributed by atoms with van der Waals surface area (Å²) in [4.78, 5) is 24.3. The molecular weight excluding hydrogens is 433 g/mol. The first-order chi connectivity index (χ1) is 14.9. The second-order valence-corrected chi connectivity index (χ2v) is 9.59. The molecule has 0 aliphatic heterocycles. The first kappa shape index (κ1) is 22.2. The fraction of sp³-hybridized carbons (Fsp3) is 0.522. The molecule has 2 N–H and O–H groups in total. The number of fused-ring (bicyclic) bond motifs is 1. The number of hydrogen-bond acceptors (Lipinski definition) is 5. The molecule has 0 radical (unpaired) electrons. The number of nitrogens with one attached hydrogen (secondary N) is 2. The minimum absolute atomic E-state index is 0.130. The molecule has 8 heteroatoms. The summed E-state index contributed by atoms with van der Waals surface area (Å²) < 4.78 is 0. The van der Waals surface area contributed by atoms with Gasteiger partial charge in [-0.15, -0.1) is 0 Å². The van der Waals surface area contributed by atoms with Crippen LogP contribution in [0.4, 0.5) is 11.8 Å². The third kappa shape index (κ3) is 5.42. The van der Waals surface area contributed by atoms with Gasteiger partial charge < -0.3 is 15.5 Å². The van der Waals surface area contributed by atoms with Crippen LogP contribution >= 0.6 is 23.2 Å². The number of nitrogens with zero attached hydrogens (tertiary/aromatic N) is 3. The van der Waals surface area contributed by atoms with Gasteiger partial charge >= 0.3 is 0 Å². The Bertz CT molecular complexity index is 937. The average Bonchev–Trinajstić information content (AvgIpc) is 2.73. The molecule has 2 aliphatic rings. The molecule has 0 bridgehead atoms. The molecular formula is C23H29Cl2N5O. The van der Waals surface area contributed by atoms with E-state index in [1.807, 2.05) is 14.1 Å². The van der Waals surface area contributed by atoms with Crippen molar-refractivity contribution in [2.24, 2.45) is 0 Å². The fourth-order valence-electron chi connectivity index (χ4n) is 4.53. The van der Waals surface area contributed by atoms with E-state index < -0.39 is 0 Å². The van der Waals surface area contributed by atoms with Gasteiger partial charge in [0.25, 0.3) is 5.91 Å². The van der Waals surface area contributed by atoms with E-state index in [2.05, 4.69) is 15.5 Å². The Morgan fingerprint density at radius 2 is 1.61 bits per heavy atom. The fourth-order valence-corrected chi connectivity index (χ4v) is 5.05. The highest BCUT2D eigenvalue weighted by molar-refractivity contribution is 6.35. The molecule has 1 aromatic carbocycles. The molecule has 1 aromatic heterocycles. The van der Waals surface area contributed by atoms with E-state index in [-0.39, 0.29) is 11.9 Å². The largest absolute Gasteiger partial charge is 0.362 e. The van der Waals surface area contributed by atoms with Gasteiger partial charge in [0.1, 0.15) is 5.82 Å². The van der Waals surface area contributed by atoms with Crippen LogP contribution < -0.4 is 15.5 Å². The van der Waals surface area contributed by atoms with Gasteiger partial charge in [-0.2, -0.15) is 4.98 Å². The molecule has 1 amide bonds. The van der Waals surface area contributed by atoms with Crippen LogP contribution in [0.1, 0.15) is 60.1 Å². The standard InChI is InChI=1S/C23H29Cl2N5O/c1-30(2)21-19-5-3-4-6-20(19)28-23(29-21)27-18-9-7-17(8-10-18)26-22(31)14-11-15(24)13-16(25)12-14/h11-13,17-18H,3-10H2,1-2H3,(H,26,31)(H,27,28,29)/t17-,18+. The highest BCUT2D eigenvalue weighted by Crippen LogP contribution is 2.29. The summed E-state index contributed by atoms with van der Waals surface area (Å²) in [7, 11) is 4.09. The van der Waals surface area contributed by atoms with Crippen molar-refractivity contribution in [2.45, 2.75) is 63.5 Å². The Labute approximate surface area is 193 Å². The zero-order chi connectivity index (χ0) is 22.0. The first-order valence-corrected chi connectivity index (χ1v) is 11.7. The zero-order valence-corrected chi connectivity index (χ0v) is 19.6. The third-order valence-electron chi connectivity index (χ3n) is 6.11. The summed E-state index contributed by atoms with van der Waals surface area (Å²) in [5, 5.41) is 7.60. The molecule has 1 fully saturated rings. The van der Waals surface area contributed by atoms with Crippen LogP contribution in [0.5, 0.6) is 0 Å². The van der Waals surface area contributed by atoms with E-state index in [1.54, 1.807) is 18.2 Å². The molecule has 1 heterocycles. The summed E-state index contributed by atoms with van der Waals surface area (Å²) in [5.41, 5.74) is 2.99. The van der Waals surface area contributed by atoms with Crippen LogP contribution in [-0.2, 0) is 12.8 Å². The Morgan fingerprint density at radius 3 is 2.29 bits per heavy atom. The monoisotopic (exact) mass is 461 g/mol. The number of benzene rings is 1. The molecule has 0 unspecified atom stereocenters. The number of carbonyl (C=O) groups excluding carboxylic acids is 1. The predicted octanol–water partition coefficient (Wildman–Crippen LogP) is 4.88. The quantitative estimate of drug-likeness (QED) is 0.663. The molecule has 2 aromatic rings. The second-order valence-electron chi connectivity index (χ2n) is 8.72. The number of aromatic nitrogens is 2. The van der Waals surface area contributed by atoms with E-state index >= 15 is 0 Å². The van der Waals surface area contributed by atoms with Crippen molar-refractivity contribution < 1.29 is 4.79 Å². The highest BCUT2D eigenvalue weighted by Gasteiger charge is 2.25. The molecule has 31 heavy (non-hydrogen) atoms. The van der Waals surface area contributed by atoms with E-state index in [0.717, 1.165) is 50.3 Å². The van der Waals surface area contributed by atoms with E-state index in [4.69, 9.17) is 33.2 Å². The Morgan fingerprint density at radius 1 is 0.968 bits per heavy atom. The summed E-state index contributed by atoms with van der Waals surface area (Å²) >= 11 is 12.0. The number of hydrogen-bond donors (Lipinski definition) is 2. The van der Waals surface area contributed by atoms with Crippen LogP contribution in [0.25, 0.3) is 0 Å². The van der Waals surface area contributed by atoms with Crippen molar-refractivity contribution >= 4 is 40.9 Å². The van der Waals surface area contributed by atoms with Gasteiger partial charge in [-0.1, -0.05) is 23.2 Å². The lowest BCUT2D eigenvalue weighted by molar-refractivity contribution is 0.0926. The summed E-state index contributed by atoms with van der Waals surface area (Å²) in [6.07, 6.45) is 8.22. The molecule has 6 nitrogen and oxygen atoms in total. The lowest BCUT2D eigenvalue weighted by Gasteiger charge is -2.30. The molecule has 2 aliphatic carbocycles. The van der Waals surface area contributed by atoms with E-state index in [9.17, 15) is 4.79 Å². The van der Waals surface area contributed by atoms with E-state index in [0.29, 0.717) is 21.7 Å². The van der Waals surface area contributed by atoms with Crippen LogP contribution in [0.3, 0.4) is 0 Å². The maximum absolute atomic E-state index is 12.6. The van der Waals surface area contributed by atoms with Crippen molar-refractivity contribution in [2.75, 3.05) is 24.3 Å². The van der Waals surface area contributed by atoms with Crippen molar-refractivity contribution in [3.05, 3.63) is 45.1 Å². The Hall–Kier alpha value is -2.05. The van der Waals surface area contributed by atoms with Gasteiger partial charge in [0.15, 0.2) is 0 Å². The summed E-state index contributed by atoms with van der Waals surface area (Å²) in [6.45, 7) is 0. The van der Waals surface area contributed by atoms with Gasteiger partial charge in [-0.3, -0.25) is 4.79 Å². The number of amides is 1. The van der Waals surface area contributed by atoms with Crippen molar-refractivity contribution in [3.8, 4) is 0 Å². The van der Waals surface area contributed by atoms with E-state index in [1.165, 1.54) is 24.1 Å². The molecule has 0 atom stereocenters. The topological polar surface area (TPSA) is 70.2 Å². The molecule has 4 rings (SSSR count). The number of carbonyl (C=O) groups is 1. The number of rotatable bonds is 5. The minimum Gasteiger partial charge on any atom is -0.362 e. The smallest absolute Gasteiger partial charge is 0.251 e. The normalized spacial score (nSPS) is 20.6. The lowest BCUT2D eigenvalue weighted by Crippen LogP contribution is -2.40.